The van der Waals surface area contributed by atoms with Gasteiger partial charge in [0.1, 0.15) is 0 Å². The first-order chi connectivity index (χ1) is 8.42. The number of hydrogen-bond acceptors (Lipinski definition) is 1. The van der Waals surface area contributed by atoms with E-state index in [2.05, 4.69) is 29.6 Å². The summed E-state index contributed by atoms with van der Waals surface area (Å²) in [6.45, 7) is 2.26. The van der Waals surface area contributed by atoms with Crippen LogP contribution in [0.3, 0.4) is 0 Å². The Hall–Kier alpha value is -0.820. The maximum Gasteiger partial charge on any atom is 0.0205 e. The van der Waals surface area contributed by atoms with Crippen molar-refractivity contribution < 1.29 is 0 Å². The van der Waals surface area contributed by atoms with E-state index in [0.717, 1.165) is 18.4 Å². The summed E-state index contributed by atoms with van der Waals surface area (Å²) in [7, 11) is 0. The molecule has 0 spiro atoms. The van der Waals surface area contributed by atoms with E-state index in [4.69, 9.17) is 0 Å². The molecule has 2 aliphatic carbocycles. The van der Waals surface area contributed by atoms with Gasteiger partial charge in [0.05, 0.1) is 0 Å². The molecule has 0 unspecified atom stereocenters. The summed E-state index contributed by atoms with van der Waals surface area (Å²) >= 11 is 0. The molecule has 0 saturated heterocycles. The molecule has 0 radical (unpaired) electrons. The molecule has 3 rings (SSSR count). The highest BCUT2D eigenvalue weighted by Crippen LogP contribution is 2.39. The van der Waals surface area contributed by atoms with Crippen molar-refractivity contribution in [3.05, 3.63) is 35.4 Å². The third kappa shape index (κ3) is 3.10. The van der Waals surface area contributed by atoms with E-state index < -0.39 is 0 Å². The quantitative estimate of drug-likeness (QED) is 0.809. The first-order valence-corrected chi connectivity index (χ1v) is 7.21. The van der Waals surface area contributed by atoms with Gasteiger partial charge in [0, 0.05) is 6.54 Å². The molecule has 0 atom stereocenters. The highest BCUT2D eigenvalue weighted by atomic mass is 14.9. The molecule has 2 fully saturated rings. The molecular formula is C16H23N. The van der Waals surface area contributed by atoms with Gasteiger partial charge in [-0.2, -0.15) is 0 Å². The molecule has 0 aliphatic heterocycles. The van der Waals surface area contributed by atoms with Crippen molar-refractivity contribution in [2.45, 2.75) is 51.0 Å². The largest absolute Gasteiger partial charge is 0.312 e. The molecular weight excluding hydrogens is 206 g/mol. The lowest BCUT2D eigenvalue weighted by atomic mass is 10.1. The zero-order chi connectivity index (χ0) is 11.5. The van der Waals surface area contributed by atoms with Gasteiger partial charge >= 0.3 is 0 Å². The average molecular weight is 229 g/mol. The summed E-state index contributed by atoms with van der Waals surface area (Å²) in [6.07, 6.45) is 8.57. The van der Waals surface area contributed by atoms with Crippen LogP contribution in [-0.2, 0) is 6.54 Å². The van der Waals surface area contributed by atoms with Crippen molar-refractivity contribution >= 4 is 0 Å². The van der Waals surface area contributed by atoms with E-state index in [1.165, 1.54) is 50.6 Å². The fourth-order valence-corrected chi connectivity index (χ4v) is 2.96. The van der Waals surface area contributed by atoms with E-state index in [9.17, 15) is 0 Å². The SMILES string of the molecule is c1cc(C2CC2)ccc1CNCC1CCCC1. The monoisotopic (exact) mass is 229 g/mol. The third-order valence-corrected chi connectivity index (χ3v) is 4.27. The Balaban J connectivity index is 1.44. The minimum absolute atomic E-state index is 0.885. The van der Waals surface area contributed by atoms with E-state index in [-0.39, 0.29) is 0 Å². The van der Waals surface area contributed by atoms with Crippen molar-refractivity contribution in [1.82, 2.24) is 5.32 Å². The molecule has 1 aromatic rings. The van der Waals surface area contributed by atoms with Crippen LogP contribution in [0.2, 0.25) is 0 Å². The maximum absolute atomic E-state index is 3.61. The molecule has 92 valence electrons. The predicted molar refractivity (Wildman–Crippen MR) is 72.1 cm³/mol. The Kier molecular flexibility index (Phi) is 3.46. The van der Waals surface area contributed by atoms with Crippen LogP contribution < -0.4 is 5.32 Å². The van der Waals surface area contributed by atoms with Gasteiger partial charge < -0.3 is 5.32 Å². The van der Waals surface area contributed by atoms with E-state index in [1.807, 2.05) is 0 Å². The fourth-order valence-electron chi connectivity index (χ4n) is 2.96. The second kappa shape index (κ2) is 5.22. The summed E-state index contributed by atoms with van der Waals surface area (Å²) in [5, 5.41) is 3.61. The van der Waals surface area contributed by atoms with Gasteiger partial charge in [-0.25, -0.2) is 0 Å². The Morgan fingerprint density at radius 2 is 1.65 bits per heavy atom. The molecule has 1 N–H and O–H groups in total. The molecule has 2 saturated carbocycles. The lowest BCUT2D eigenvalue weighted by molar-refractivity contribution is 0.489. The molecule has 2 aliphatic rings. The number of hydrogen-bond donors (Lipinski definition) is 1. The maximum atomic E-state index is 3.61. The number of benzene rings is 1. The predicted octanol–water partition coefficient (Wildman–Crippen LogP) is 3.84. The van der Waals surface area contributed by atoms with E-state index in [0.29, 0.717) is 0 Å². The van der Waals surface area contributed by atoms with Gasteiger partial charge in [-0.15, -0.1) is 0 Å². The number of rotatable bonds is 5. The normalized spacial score (nSPS) is 20.9. The first kappa shape index (κ1) is 11.3. The van der Waals surface area contributed by atoms with E-state index in [1.54, 1.807) is 5.56 Å². The van der Waals surface area contributed by atoms with Crippen LogP contribution in [-0.4, -0.2) is 6.54 Å². The van der Waals surface area contributed by atoms with Gasteiger partial charge in [0.15, 0.2) is 0 Å². The fraction of sp³-hybridized carbons (Fsp3) is 0.625. The Morgan fingerprint density at radius 1 is 0.941 bits per heavy atom. The Morgan fingerprint density at radius 3 is 2.29 bits per heavy atom. The van der Waals surface area contributed by atoms with Crippen LogP contribution in [0, 0.1) is 5.92 Å². The van der Waals surface area contributed by atoms with Crippen molar-refractivity contribution in [3.8, 4) is 0 Å². The molecule has 1 aromatic carbocycles. The smallest absolute Gasteiger partial charge is 0.0205 e. The minimum Gasteiger partial charge on any atom is -0.312 e. The lowest BCUT2D eigenvalue weighted by Crippen LogP contribution is -2.20. The van der Waals surface area contributed by atoms with Crippen LogP contribution in [0.5, 0.6) is 0 Å². The Labute approximate surface area is 105 Å². The van der Waals surface area contributed by atoms with Crippen LogP contribution in [0.15, 0.2) is 24.3 Å². The van der Waals surface area contributed by atoms with Gasteiger partial charge in [-0.05, 0) is 55.2 Å². The van der Waals surface area contributed by atoms with Gasteiger partial charge in [0.25, 0.3) is 0 Å². The summed E-state index contributed by atoms with van der Waals surface area (Å²) in [5.41, 5.74) is 2.98. The van der Waals surface area contributed by atoms with E-state index >= 15 is 0 Å². The Bertz CT molecular complexity index is 344. The highest BCUT2D eigenvalue weighted by Gasteiger charge is 2.22. The van der Waals surface area contributed by atoms with Crippen LogP contribution in [0.25, 0.3) is 0 Å². The first-order valence-electron chi connectivity index (χ1n) is 7.21. The average Bonchev–Trinajstić information content (AvgIpc) is 3.08. The molecule has 0 aromatic heterocycles. The zero-order valence-electron chi connectivity index (χ0n) is 10.6. The third-order valence-electron chi connectivity index (χ3n) is 4.27. The standard InChI is InChI=1S/C16H23N/c1-2-4-13(3-1)11-17-12-14-5-7-15(8-6-14)16-9-10-16/h5-8,13,16-17H,1-4,9-12H2. The van der Waals surface area contributed by atoms with Crippen LogP contribution in [0.4, 0.5) is 0 Å². The molecule has 1 heteroatoms. The van der Waals surface area contributed by atoms with Crippen LogP contribution in [0.1, 0.15) is 55.6 Å². The highest BCUT2D eigenvalue weighted by molar-refractivity contribution is 5.27. The molecule has 17 heavy (non-hydrogen) atoms. The summed E-state index contributed by atoms with van der Waals surface area (Å²) < 4.78 is 0. The molecule has 0 bridgehead atoms. The van der Waals surface area contributed by atoms with Crippen molar-refractivity contribution in [2.75, 3.05) is 6.54 Å². The second-order valence-corrected chi connectivity index (χ2v) is 5.80. The molecule has 0 amide bonds. The second-order valence-electron chi connectivity index (χ2n) is 5.80. The minimum atomic E-state index is 0.885. The van der Waals surface area contributed by atoms with Gasteiger partial charge in [0.2, 0.25) is 0 Å². The van der Waals surface area contributed by atoms with Crippen LogP contribution >= 0.6 is 0 Å². The van der Waals surface area contributed by atoms with Gasteiger partial charge in [-0.3, -0.25) is 0 Å². The number of nitrogens with one attached hydrogen (secondary N) is 1. The summed E-state index contributed by atoms with van der Waals surface area (Å²) in [5.74, 6) is 1.83. The van der Waals surface area contributed by atoms with Crippen molar-refractivity contribution in [3.63, 3.8) is 0 Å². The molecule has 1 nitrogen and oxygen atoms in total. The topological polar surface area (TPSA) is 12.0 Å². The van der Waals surface area contributed by atoms with Gasteiger partial charge in [-0.1, -0.05) is 37.1 Å². The molecule has 0 heterocycles. The summed E-state index contributed by atoms with van der Waals surface area (Å²) in [4.78, 5) is 0. The van der Waals surface area contributed by atoms with Crippen molar-refractivity contribution in [1.29, 1.82) is 0 Å². The summed E-state index contributed by atoms with van der Waals surface area (Å²) in [6, 6.07) is 9.25. The zero-order valence-corrected chi connectivity index (χ0v) is 10.6. The van der Waals surface area contributed by atoms with Crippen molar-refractivity contribution in [2.24, 2.45) is 5.92 Å². The lowest BCUT2D eigenvalue weighted by Gasteiger charge is -2.10.